The summed E-state index contributed by atoms with van der Waals surface area (Å²) in [4.78, 5) is 28.1. The normalized spacial score (nSPS) is 14.3. The van der Waals surface area contributed by atoms with Crippen molar-refractivity contribution in [2.24, 2.45) is 0 Å². The maximum atomic E-state index is 13.5. The van der Waals surface area contributed by atoms with Gasteiger partial charge in [-0.05, 0) is 59.9 Å². The van der Waals surface area contributed by atoms with Crippen LogP contribution in [0.5, 0.6) is 0 Å². The van der Waals surface area contributed by atoms with Crippen LogP contribution in [0, 0.1) is 12.7 Å². The minimum atomic E-state index is -0.446. The first-order valence-electron chi connectivity index (χ1n) is 10.5. The average molecular weight is 429 g/mol. The lowest BCUT2D eigenvalue weighted by atomic mass is 9.87. The van der Waals surface area contributed by atoms with Gasteiger partial charge in [-0.1, -0.05) is 62.7 Å². The summed E-state index contributed by atoms with van der Waals surface area (Å²) in [5.74, 6) is -1.22. The Morgan fingerprint density at radius 3 is 1.94 bits per heavy atom. The van der Waals surface area contributed by atoms with Crippen molar-refractivity contribution in [2.75, 3.05) is 10.2 Å². The maximum Gasteiger partial charge on any atom is 0.282 e. The van der Waals surface area contributed by atoms with E-state index in [1.807, 2.05) is 43.3 Å². The molecule has 3 aromatic carbocycles. The average Bonchev–Trinajstić information content (AvgIpc) is 2.99. The highest BCUT2D eigenvalue weighted by Gasteiger charge is 2.40. The minimum Gasteiger partial charge on any atom is -0.350 e. The smallest absolute Gasteiger partial charge is 0.282 e. The number of carbonyl (C=O) groups is 2. The van der Waals surface area contributed by atoms with Crippen molar-refractivity contribution in [2.45, 2.75) is 33.1 Å². The Bertz CT molecular complexity index is 1200. The molecule has 32 heavy (non-hydrogen) atoms. The Labute approximate surface area is 187 Å². The maximum absolute atomic E-state index is 13.5. The SMILES string of the molecule is Cc1ccc(C2=C(Nc3ccc(F)cc3)C(=O)N(c3ccc(C(C)(C)C)cc3)C2=O)cc1. The molecular weight excluding hydrogens is 403 g/mol. The Morgan fingerprint density at radius 2 is 1.38 bits per heavy atom. The Kier molecular flexibility index (Phi) is 5.43. The molecule has 0 bridgehead atoms. The molecule has 1 N–H and O–H groups in total. The van der Waals surface area contributed by atoms with Gasteiger partial charge in [-0.2, -0.15) is 0 Å². The molecule has 2 amide bonds. The van der Waals surface area contributed by atoms with E-state index in [0.717, 1.165) is 11.1 Å². The molecule has 1 aliphatic heterocycles. The van der Waals surface area contributed by atoms with Crippen LogP contribution in [-0.4, -0.2) is 11.8 Å². The first kappa shape index (κ1) is 21.5. The highest BCUT2D eigenvalue weighted by molar-refractivity contribution is 6.46. The van der Waals surface area contributed by atoms with Crippen LogP contribution < -0.4 is 10.2 Å². The van der Waals surface area contributed by atoms with Crippen LogP contribution in [0.25, 0.3) is 5.57 Å². The van der Waals surface area contributed by atoms with Crippen LogP contribution in [0.2, 0.25) is 0 Å². The molecule has 0 aromatic heterocycles. The third kappa shape index (κ3) is 4.06. The summed E-state index contributed by atoms with van der Waals surface area (Å²) >= 11 is 0. The fourth-order valence-electron chi connectivity index (χ4n) is 3.66. The zero-order valence-corrected chi connectivity index (χ0v) is 18.6. The number of hydrogen-bond donors (Lipinski definition) is 1. The number of carbonyl (C=O) groups excluding carboxylic acids is 2. The van der Waals surface area contributed by atoms with E-state index in [4.69, 9.17) is 0 Å². The molecular formula is C27H25FN2O2. The Balaban J connectivity index is 1.77. The van der Waals surface area contributed by atoms with Gasteiger partial charge in [0.1, 0.15) is 11.5 Å². The lowest BCUT2D eigenvalue weighted by Crippen LogP contribution is -2.32. The summed E-state index contributed by atoms with van der Waals surface area (Å²) in [7, 11) is 0. The second-order valence-electron chi connectivity index (χ2n) is 8.99. The van der Waals surface area contributed by atoms with Crippen molar-refractivity contribution in [1.29, 1.82) is 0 Å². The van der Waals surface area contributed by atoms with E-state index >= 15 is 0 Å². The monoisotopic (exact) mass is 428 g/mol. The summed E-state index contributed by atoms with van der Waals surface area (Å²) in [6, 6.07) is 20.6. The predicted octanol–water partition coefficient (Wildman–Crippen LogP) is 5.83. The summed E-state index contributed by atoms with van der Waals surface area (Å²) in [5, 5.41) is 3.05. The number of hydrogen-bond acceptors (Lipinski definition) is 3. The number of anilines is 2. The van der Waals surface area contributed by atoms with Gasteiger partial charge in [0.25, 0.3) is 11.8 Å². The van der Waals surface area contributed by atoms with Crippen molar-refractivity contribution < 1.29 is 14.0 Å². The number of halogens is 1. The summed E-state index contributed by atoms with van der Waals surface area (Å²) in [6.45, 7) is 8.28. The standard InChI is InChI=1S/C27H25FN2O2/c1-17-5-7-18(8-6-17)23-24(29-21-13-11-20(28)12-14-21)26(32)30(25(23)31)22-15-9-19(10-16-22)27(2,3)4/h5-16,29H,1-4H3. The number of benzene rings is 3. The van der Waals surface area contributed by atoms with E-state index in [9.17, 15) is 14.0 Å². The van der Waals surface area contributed by atoms with Crippen LogP contribution in [0.15, 0.2) is 78.5 Å². The molecule has 1 aliphatic rings. The number of nitrogens with zero attached hydrogens (tertiary/aromatic N) is 1. The van der Waals surface area contributed by atoms with E-state index in [0.29, 0.717) is 22.5 Å². The van der Waals surface area contributed by atoms with Gasteiger partial charge >= 0.3 is 0 Å². The van der Waals surface area contributed by atoms with Crippen LogP contribution in [0.4, 0.5) is 15.8 Å². The minimum absolute atomic E-state index is 0.0435. The molecule has 0 aliphatic carbocycles. The molecule has 0 saturated heterocycles. The molecule has 3 aromatic rings. The van der Waals surface area contributed by atoms with Gasteiger partial charge in [0, 0.05) is 5.69 Å². The number of rotatable bonds is 4. The third-order valence-corrected chi connectivity index (χ3v) is 5.53. The highest BCUT2D eigenvalue weighted by atomic mass is 19.1. The van der Waals surface area contributed by atoms with E-state index in [-0.39, 0.29) is 16.9 Å². The van der Waals surface area contributed by atoms with Crippen molar-refractivity contribution in [1.82, 2.24) is 0 Å². The molecule has 0 fully saturated rings. The summed E-state index contributed by atoms with van der Waals surface area (Å²) < 4.78 is 13.3. The summed E-state index contributed by atoms with van der Waals surface area (Å²) in [6.07, 6.45) is 0. The van der Waals surface area contributed by atoms with Gasteiger partial charge in [0.05, 0.1) is 11.3 Å². The topological polar surface area (TPSA) is 49.4 Å². The van der Waals surface area contributed by atoms with Crippen LogP contribution in [0.3, 0.4) is 0 Å². The fourth-order valence-corrected chi connectivity index (χ4v) is 3.66. The Hall–Kier alpha value is -3.73. The molecule has 4 nitrogen and oxygen atoms in total. The zero-order valence-electron chi connectivity index (χ0n) is 18.6. The van der Waals surface area contributed by atoms with Gasteiger partial charge in [-0.3, -0.25) is 9.59 Å². The first-order valence-corrected chi connectivity index (χ1v) is 10.5. The van der Waals surface area contributed by atoms with Gasteiger partial charge in [0.15, 0.2) is 0 Å². The van der Waals surface area contributed by atoms with Crippen LogP contribution in [0.1, 0.15) is 37.5 Å². The quantitative estimate of drug-likeness (QED) is 0.532. The number of amides is 2. The van der Waals surface area contributed by atoms with E-state index in [2.05, 4.69) is 26.1 Å². The van der Waals surface area contributed by atoms with Crippen LogP contribution >= 0.6 is 0 Å². The highest BCUT2D eigenvalue weighted by Crippen LogP contribution is 2.35. The second-order valence-corrected chi connectivity index (χ2v) is 8.99. The molecule has 0 unspecified atom stereocenters. The van der Waals surface area contributed by atoms with Crippen molar-refractivity contribution >= 4 is 28.8 Å². The third-order valence-electron chi connectivity index (χ3n) is 5.53. The zero-order chi connectivity index (χ0) is 23.0. The van der Waals surface area contributed by atoms with Gasteiger partial charge < -0.3 is 5.32 Å². The molecule has 0 spiro atoms. The van der Waals surface area contributed by atoms with E-state index in [1.165, 1.54) is 29.2 Å². The van der Waals surface area contributed by atoms with Crippen LogP contribution in [-0.2, 0) is 15.0 Å². The largest absolute Gasteiger partial charge is 0.350 e. The van der Waals surface area contributed by atoms with Gasteiger partial charge in [0.2, 0.25) is 0 Å². The molecule has 162 valence electrons. The second kappa shape index (κ2) is 8.08. The molecule has 1 heterocycles. The number of imide groups is 1. The van der Waals surface area contributed by atoms with E-state index in [1.54, 1.807) is 12.1 Å². The van der Waals surface area contributed by atoms with Crippen molar-refractivity contribution in [3.8, 4) is 0 Å². The first-order chi connectivity index (χ1) is 15.1. The van der Waals surface area contributed by atoms with E-state index < -0.39 is 11.8 Å². The molecule has 0 saturated carbocycles. The molecule has 4 rings (SSSR count). The number of aryl methyl sites for hydroxylation is 1. The lowest BCUT2D eigenvalue weighted by molar-refractivity contribution is -0.120. The molecule has 0 atom stereocenters. The van der Waals surface area contributed by atoms with Gasteiger partial charge in [-0.25, -0.2) is 9.29 Å². The lowest BCUT2D eigenvalue weighted by Gasteiger charge is -2.21. The fraction of sp³-hybridized carbons (Fsp3) is 0.185. The van der Waals surface area contributed by atoms with Crippen molar-refractivity contribution in [3.05, 3.63) is 101 Å². The van der Waals surface area contributed by atoms with Crippen molar-refractivity contribution in [3.63, 3.8) is 0 Å². The van der Waals surface area contributed by atoms with Gasteiger partial charge in [-0.15, -0.1) is 0 Å². The predicted molar refractivity (Wildman–Crippen MR) is 126 cm³/mol. The summed E-state index contributed by atoms with van der Waals surface area (Å²) in [5.41, 5.74) is 4.26. The number of nitrogens with one attached hydrogen (secondary N) is 1. The molecule has 0 radical (unpaired) electrons. The molecule has 5 heteroatoms. The Morgan fingerprint density at radius 1 is 0.781 bits per heavy atom.